The Kier molecular flexibility index (Phi) is 19.1. The first-order valence-corrected chi connectivity index (χ1v) is 15.4. The molecule has 0 aromatic heterocycles. The number of allylic oxidation sites excluding steroid dienone is 4. The largest absolute Gasteiger partial charge is 0.396 e. The maximum absolute atomic E-state index is 13.3. The van der Waals surface area contributed by atoms with Gasteiger partial charge >= 0.3 is 0 Å². The molecule has 1 aliphatic rings. The van der Waals surface area contributed by atoms with Crippen molar-refractivity contribution < 1.29 is 24.9 Å². The summed E-state index contributed by atoms with van der Waals surface area (Å²) in [6.07, 6.45) is 10.9. The average molecular weight is 539 g/mol. The number of rotatable bonds is 21. The Morgan fingerprint density at radius 3 is 1.21 bits per heavy atom. The quantitative estimate of drug-likeness (QED) is 0.127. The number of halogens is 1. The minimum atomic E-state index is -0.234. The zero-order valence-corrected chi connectivity index (χ0v) is 22.7. The molecule has 3 N–H and O–H groups in total. The van der Waals surface area contributed by atoms with Gasteiger partial charge in [-0.25, -0.2) is 0 Å². The highest BCUT2D eigenvalue weighted by Crippen LogP contribution is 2.42. The van der Waals surface area contributed by atoms with Crippen molar-refractivity contribution in [2.75, 3.05) is 37.1 Å². The summed E-state index contributed by atoms with van der Waals surface area (Å²) in [4.78, 5) is 27.8. The predicted octanol–water partition coefficient (Wildman–Crippen LogP) is 5.66. The molecule has 0 bridgehead atoms. The fourth-order valence-corrected chi connectivity index (χ4v) is 7.07. The van der Waals surface area contributed by atoms with E-state index in [-0.39, 0.29) is 36.4 Å². The Morgan fingerprint density at radius 2 is 0.818 bits per heavy atom. The summed E-state index contributed by atoms with van der Waals surface area (Å²) in [5.74, 6) is 1.88. The normalized spacial score (nSPS) is 14.7. The fourth-order valence-electron chi connectivity index (χ4n) is 3.23. The number of unbranched alkanes of at least 4 members (excludes halogenated alkanes) is 9. The monoisotopic (exact) mass is 538 g/mol. The summed E-state index contributed by atoms with van der Waals surface area (Å²) in [7, 11) is 0. The zero-order valence-electron chi connectivity index (χ0n) is 19.5. The number of aliphatic hydroxyl groups is 3. The van der Waals surface area contributed by atoms with Gasteiger partial charge < -0.3 is 15.3 Å². The first-order valence-electron chi connectivity index (χ1n) is 12.0. The van der Waals surface area contributed by atoms with Crippen LogP contribution in [0.15, 0.2) is 19.7 Å². The molecule has 0 amide bonds. The number of hydrogen-bond donors (Lipinski definition) is 3. The van der Waals surface area contributed by atoms with Crippen molar-refractivity contribution >= 4 is 58.5 Å². The Bertz CT molecular complexity index is 652. The standard InChI is InChI=1S/C24H39ClO5S3/c25-19-20(29)23(32-17-11-5-2-8-14-27)24(33-18-12-6-3-9-15-28)21(30)22(19)31-16-10-4-1-7-13-26/h26-28H,1-18H2. The van der Waals surface area contributed by atoms with E-state index in [0.29, 0.717) is 14.7 Å². The second-order valence-electron chi connectivity index (χ2n) is 7.92. The number of ketones is 2. The SMILES string of the molecule is O=C1C(Cl)=C(SCCCCCCO)C(=O)C(SCCCCCCO)=C1SCCCCCCO. The molecular weight excluding hydrogens is 500 g/mol. The van der Waals surface area contributed by atoms with E-state index in [2.05, 4.69) is 0 Å². The molecule has 1 rings (SSSR count). The minimum Gasteiger partial charge on any atom is -0.396 e. The lowest BCUT2D eigenvalue weighted by Crippen LogP contribution is -2.19. The lowest BCUT2D eigenvalue weighted by Gasteiger charge is -2.20. The Hall–Kier alpha value is 0.0400. The van der Waals surface area contributed by atoms with Gasteiger partial charge in [-0.1, -0.05) is 50.1 Å². The maximum Gasteiger partial charge on any atom is 0.213 e. The lowest BCUT2D eigenvalue weighted by molar-refractivity contribution is -0.114. The first-order chi connectivity index (χ1) is 16.1. The van der Waals surface area contributed by atoms with Crippen molar-refractivity contribution in [1.82, 2.24) is 0 Å². The van der Waals surface area contributed by atoms with Crippen molar-refractivity contribution in [2.24, 2.45) is 0 Å². The number of thioether (sulfide) groups is 3. The molecule has 0 saturated carbocycles. The molecule has 0 aliphatic heterocycles. The van der Waals surface area contributed by atoms with Gasteiger partial charge in [0.2, 0.25) is 11.6 Å². The van der Waals surface area contributed by atoms with E-state index < -0.39 is 0 Å². The molecule has 0 aromatic carbocycles. The van der Waals surface area contributed by atoms with E-state index in [9.17, 15) is 9.59 Å². The van der Waals surface area contributed by atoms with E-state index in [4.69, 9.17) is 26.9 Å². The molecule has 9 heteroatoms. The fraction of sp³-hybridized carbons (Fsp3) is 0.750. The Balaban J connectivity index is 2.75. The second kappa shape index (κ2) is 20.3. The van der Waals surface area contributed by atoms with Gasteiger partial charge in [-0.3, -0.25) is 9.59 Å². The third kappa shape index (κ3) is 12.5. The molecule has 0 aromatic rings. The van der Waals surface area contributed by atoms with Gasteiger partial charge in [0.15, 0.2) is 0 Å². The Morgan fingerprint density at radius 1 is 0.485 bits per heavy atom. The number of Topliss-reactive ketones (excluding diaryl/α,β-unsaturated/α-hetero) is 2. The molecule has 0 radical (unpaired) electrons. The summed E-state index contributed by atoms with van der Waals surface area (Å²) < 4.78 is 0. The van der Waals surface area contributed by atoms with Gasteiger partial charge in [0, 0.05) is 19.8 Å². The molecule has 1 aliphatic carbocycles. The molecule has 0 saturated heterocycles. The van der Waals surface area contributed by atoms with Crippen LogP contribution in [0.5, 0.6) is 0 Å². The van der Waals surface area contributed by atoms with Crippen LogP contribution in [-0.4, -0.2) is 64.0 Å². The average Bonchev–Trinajstić information content (AvgIpc) is 2.81. The van der Waals surface area contributed by atoms with Crippen LogP contribution in [-0.2, 0) is 9.59 Å². The zero-order chi connectivity index (χ0) is 24.3. The highest BCUT2D eigenvalue weighted by Gasteiger charge is 2.34. The highest BCUT2D eigenvalue weighted by atomic mass is 35.5. The summed E-state index contributed by atoms with van der Waals surface area (Å²) in [5, 5.41) is 26.8. The third-order valence-electron chi connectivity index (χ3n) is 5.12. The number of carbonyl (C=O) groups excluding carboxylic acids is 2. The van der Waals surface area contributed by atoms with E-state index in [0.717, 1.165) is 94.3 Å². The molecule has 0 spiro atoms. The van der Waals surface area contributed by atoms with Crippen LogP contribution in [0.1, 0.15) is 77.0 Å². The highest BCUT2D eigenvalue weighted by molar-refractivity contribution is 8.08. The van der Waals surface area contributed by atoms with Gasteiger partial charge in [0.25, 0.3) is 0 Å². The minimum absolute atomic E-state index is 0.0513. The van der Waals surface area contributed by atoms with E-state index in [1.165, 1.54) is 35.3 Å². The smallest absolute Gasteiger partial charge is 0.213 e. The van der Waals surface area contributed by atoms with Gasteiger partial charge in [-0.2, -0.15) is 0 Å². The van der Waals surface area contributed by atoms with Crippen LogP contribution < -0.4 is 0 Å². The van der Waals surface area contributed by atoms with Gasteiger partial charge in [0.05, 0.1) is 14.7 Å². The van der Waals surface area contributed by atoms with Gasteiger partial charge in [0.1, 0.15) is 5.03 Å². The van der Waals surface area contributed by atoms with Crippen molar-refractivity contribution in [3.8, 4) is 0 Å². The molecule has 0 unspecified atom stereocenters. The summed E-state index contributed by atoms with van der Waals surface area (Å²) in [5.41, 5.74) is 0. The summed E-state index contributed by atoms with van der Waals surface area (Å²) >= 11 is 10.7. The number of carbonyl (C=O) groups is 2. The second-order valence-corrected chi connectivity index (χ2v) is 11.6. The molecule has 190 valence electrons. The molecule has 0 heterocycles. The van der Waals surface area contributed by atoms with Crippen LogP contribution in [0.25, 0.3) is 0 Å². The topological polar surface area (TPSA) is 94.8 Å². The van der Waals surface area contributed by atoms with Crippen LogP contribution in [0.4, 0.5) is 0 Å². The summed E-state index contributed by atoms with van der Waals surface area (Å²) in [6.45, 7) is 0.602. The van der Waals surface area contributed by atoms with E-state index in [1.807, 2.05) is 0 Å². The molecular formula is C24H39ClO5S3. The van der Waals surface area contributed by atoms with E-state index in [1.54, 1.807) is 0 Å². The molecule has 33 heavy (non-hydrogen) atoms. The van der Waals surface area contributed by atoms with Crippen molar-refractivity contribution in [2.45, 2.75) is 77.0 Å². The summed E-state index contributed by atoms with van der Waals surface area (Å²) in [6, 6.07) is 0. The van der Waals surface area contributed by atoms with Crippen molar-refractivity contribution in [3.63, 3.8) is 0 Å². The lowest BCUT2D eigenvalue weighted by atomic mass is 10.1. The predicted molar refractivity (Wildman–Crippen MR) is 144 cm³/mol. The maximum atomic E-state index is 13.3. The number of aliphatic hydroxyl groups excluding tert-OH is 3. The van der Waals surface area contributed by atoms with Crippen molar-refractivity contribution in [3.05, 3.63) is 19.7 Å². The molecule has 0 atom stereocenters. The molecule has 0 fully saturated rings. The molecule has 5 nitrogen and oxygen atoms in total. The van der Waals surface area contributed by atoms with Crippen LogP contribution in [0.2, 0.25) is 0 Å². The van der Waals surface area contributed by atoms with Crippen LogP contribution in [0.3, 0.4) is 0 Å². The van der Waals surface area contributed by atoms with Crippen LogP contribution >= 0.6 is 46.9 Å². The Labute approximate surface area is 216 Å². The van der Waals surface area contributed by atoms with Gasteiger partial charge in [-0.15, -0.1) is 35.3 Å². The van der Waals surface area contributed by atoms with Crippen molar-refractivity contribution in [1.29, 1.82) is 0 Å². The third-order valence-corrected chi connectivity index (χ3v) is 9.24. The van der Waals surface area contributed by atoms with Crippen LogP contribution in [0, 0.1) is 0 Å². The van der Waals surface area contributed by atoms with E-state index >= 15 is 0 Å². The first kappa shape index (κ1) is 31.1. The number of hydrogen-bond acceptors (Lipinski definition) is 8. The van der Waals surface area contributed by atoms with Gasteiger partial charge in [-0.05, 0) is 55.8 Å².